The summed E-state index contributed by atoms with van der Waals surface area (Å²) < 4.78 is 5.38. The lowest BCUT2D eigenvalue weighted by Gasteiger charge is -2.40. The van der Waals surface area contributed by atoms with Gasteiger partial charge in [0.15, 0.2) is 0 Å². The number of hydrogen-bond donors (Lipinski definition) is 2. The lowest BCUT2D eigenvalue weighted by Crippen LogP contribution is -2.52. The zero-order valence-corrected chi connectivity index (χ0v) is 12.9. The largest absolute Gasteiger partial charge is 0.497 e. The van der Waals surface area contributed by atoms with Crippen LogP contribution in [0, 0.1) is 0 Å². The van der Waals surface area contributed by atoms with Gasteiger partial charge in [0.05, 0.1) is 12.6 Å². The first-order valence-corrected chi connectivity index (χ1v) is 7.38. The molecular weight excluding hydrogens is 250 g/mol. The van der Waals surface area contributed by atoms with Crippen molar-refractivity contribution >= 4 is 0 Å². The van der Waals surface area contributed by atoms with Crippen LogP contribution in [0.1, 0.15) is 24.0 Å². The topological polar surface area (TPSA) is 50.5 Å². The molecule has 1 aliphatic carbocycles. The Kier molecular flexibility index (Phi) is 5.02. The van der Waals surface area contributed by atoms with Gasteiger partial charge in [0.25, 0.3) is 0 Å². The summed E-state index contributed by atoms with van der Waals surface area (Å²) in [7, 11) is 5.90. The highest BCUT2D eigenvalue weighted by Crippen LogP contribution is 2.36. The molecule has 0 aliphatic heterocycles. The average molecular weight is 277 g/mol. The number of methoxy groups -OCH3 is 1. The average Bonchev–Trinajstić information content (AvgIpc) is 2.46. The molecule has 112 valence electrons. The van der Waals surface area contributed by atoms with Gasteiger partial charge in [0.2, 0.25) is 0 Å². The Labute approximate surface area is 122 Å². The van der Waals surface area contributed by atoms with E-state index in [1.807, 2.05) is 6.07 Å². The Hall–Kier alpha value is -1.10. The second kappa shape index (κ2) is 6.57. The maximum atomic E-state index is 6.14. The SMILES string of the molecule is COc1ccc2c(c1)C(CN)(NCCN(C)C)CCC2. The van der Waals surface area contributed by atoms with Gasteiger partial charge in [-0.3, -0.25) is 0 Å². The molecule has 0 bridgehead atoms. The van der Waals surface area contributed by atoms with E-state index >= 15 is 0 Å². The predicted octanol–water partition coefficient (Wildman–Crippen LogP) is 1.34. The molecule has 1 aromatic rings. The number of nitrogens with two attached hydrogens (primary N) is 1. The fraction of sp³-hybridized carbons (Fsp3) is 0.625. The zero-order chi connectivity index (χ0) is 14.6. The van der Waals surface area contributed by atoms with Crippen molar-refractivity contribution in [2.24, 2.45) is 5.73 Å². The van der Waals surface area contributed by atoms with Crippen molar-refractivity contribution in [2.45, 2.75) is 24.8 Å². The molecule has 1 atom stereocenters. The maximum absolute atomic E-state index is 6.14. The summed E-state index contributed by atoms with van der Waals surface area (Å²) in [6.45, 7) is 2.59. The predicted molar refractivity (Wildman–Crippen MR) is 83.2 cm³/mol. The van der Waals surface area contributed by atoms with E-state index in [0.717, 1.165) is 31.7 Å². The molecule has 0 saturated heterocycles. The van der Waals surface area contributed by atoms with Crippen LogP contribution in [0.2, 0.25) is 0 Å². The van der Waals surface area contributed by atoms with E-state index in [2.05, 4.69) is 36.4 Å². The minimum Gasteiger partial charge on any atom is -0.497 e. The van der Waals surface area contributed by atoms with Crippen LogP contribution in [0.5, 0.6) is 5.75 Å². The Balaban J connectivity index is 2.26. The van der Waals surface area contributed by atoms with Crippen molar-refractivity contribution in [2.75, 3.05) is 40.8 Å². The molecule has 1 aliphatic rings. The molecule has 0 aromatic heterocycles. The van der Waals surface area contributed by atoms with Crippen LogP contribution >= 0.6 is 0 Å². The van der Waals surface area contributed by atoms with Crippen LogP contribution < -0.4 is 15.8 Å². The van der Waals surface area contributed by atoms with Gasteiger partial charge in [0.1, 0.15) is 5.75 Å². The second-order valence-electron chi connectivity index (χ2n) is 5.89. The first kappa shape index (κ1) is 15.3. The molecule has 3 N–H and O–H groups in total. The van der Waals surface area contributed by atoms with Gasteiger partial charge >= 0.3 is 0 Å². The summed E-state index contributed by atoms with van der Waals surface area (Å²) in [5, 5.41) is 3.70. The summed E-state index contributed by atoms with van der Waals surface area (Å²) in [5.41, 5.74) is 8.77. The van der Waals surface area contributed by atoms with Crippen molar-refractivity contribution in [3.8, 4) is 5.75 Å². The minimum absolute atomic E-state index is 0.0991. The molecule has 0 amide bonds. The molecule has 0 fully saturated rings. The fourth-order valence-corrected chi connectivity index (χ4v) is 3.05. The highest BCUT2D eigenvalue weighted by molar-refractivity contribution is 5.42. The van der Waals surface area contributed by atoms with Crippen LogP contribution in [-0.4, -0.2) is 45.7 Å². The molecule has 1 aromatic carbocycles. The van der Waals surface area contributed by atoms with Crippen molar-refractivity contribution in [1.29, 1.82) is 0 Å². The number of hydrogen-bond acceptors (Lipinski definition) is 4. The number of likely N-dealkylation sites (N-methyl/N-ethyl adjacent to an activating group) is 1. The molecular formula is C16H27N3O. The molecule has 0 radical (unpaired) electrons. The number of nitrogens with zero attached hydrogens (tertiary/aromatic N) is 1. The van der Waals surface area contributed by atoms with Crippen LogP contribution in [0.3, 0.4) is 0 Å². The number of benzene rings is 1. The van der Waals surface area contributed by atoms with E-state index in [0.29, 0.717) is 6.54 Å². The summed E-state index contributed by atoms with van der Waals surface area (Å²) >= 11 is 0. The smallest absolute Gasteiger partial charge is 0.119 e. The van der Waals surface area contributed by atoms with Gasteiger partial charge in [0, 0.05) is 19.6 Å². The number of ether oxygens (including phenoxy) is 1. The van der Waals surface area contributed by atoms with E-state index in [4.69, 9.17) is 10.5 Å². The fourth-order valence-electron chi connectivity index (χ4n) is 3.05. The van der Waals surface area contributed by atoms with Crippen LogP contribution in [-0.2, 0) is 12.0 Å². The van der Waals surface area contributed by atoms with E-state index in [1.54, 1.807) is 7.11 Å². The Morgan fingerprint density at radius 3 is 2.85 bits per heavy atom. The normalized spacial score (nSPS) is 21.9. The lowest BCUT2D eigenvalue weighted by molar-refractivity contribution is 0.273. The molecule has 0 heterocycles. The number of fused-ring (bicyclic) bond motifs is 1. The first-order valence-electron chi connectivity index (χ1n) is 7.38. The Morgan fingerprint density at radius 2 is 2.20 bits per heavy atom. The van der Waals surface area contributed by atoms with E-state index in [-0.39, 0.29) is 5.54 Å². The molecule has 0 saturated carbocycles. The van der Waals surface area contributed by atoms with Crippen LogP contribution in [0.4, 0.5) is 0 Å². The van der Waals surface area contributed by atoms with Gasteiger partial charge in [-0.2, -0.15) is 0 Å². The standard InChI is InChI=1S/C16H27N3O/c1-19(2)10-9-18-16(12-17)8-4-5-13-6-7-14(20-3)11-15(13)16/h6-7,11,18H,4-5,8-10,12,17H2,1-3H3. The maximum Gasteiger partial charge on any atom is 0.119 e. The number of rotatable bonds is 6. The minimum atomic E-state index is -0.0991. The van der Waals surface area contributed by atoms with Crippen molar-refractivity contribution < 1.29 is 4.74 Å². The molecule has 2 rings (SSSR count). The quantitative estimate of drug-likeness (QED) is 0.824. The third-order valence-electron chi connectivity index (χ3n) is 4.25. The summed E-state index contributed by atoms with van der Waals surface area (Å²) in [4.78, 5) is 2.19. The van der Waals surface area contributed by atoms with Gasteiger partial charge in [-0.25, -0.2) is 0 Å². The van der Waals surface area contributed by atoms with Crippen molar-refractivity contribution in [1.82, 2.24) is 10.2 Å². The van der Waals surface area contributed by atoms with Crippen LogP contribution in [0.15, 0.2) is 18.2 Å². The molecule has 0 spiro atoms. The first-order chi connectivity index (χ1) is 9.61. The van der Waals surface area contributed by atoms with Crippen LogP contribution in [0.25, 0.3) is 0 Å². The Bertz CT molecular complexity index is 447. The molecule has 4 nitrogen and oxygen atoms in total. The van der Waals surface area contributed by atoms with Gasteiger partial charge in [-0.05, 0) is 56.6 Å². The second-order valence-corrected chi connectivity index (χ2v) is 5.89. The molecule has 1 unspecified atom stereocenters. The molecule has 4 heteroatoms. The van der Waals surface area contributed by atoms with E-state index < -0.39 is 0 Å². The van der Waals surface area contributed by atoms with Crippen molar-refractivity contribution in [3.63, 3.8) is 0 Å². The third kappa shape index (κ3) is 3.14. The van der Waals surface area contributed by atoms with Crippen molar-refractivity contribution in [3.05, 3.63) is 29.3 Å². The van der Waals surface area contributed by atoms with Gasteiger partial charge in [-0.15, -0.1) is 0 Å². The zero-order valence-electron chi connectivity index (χ0n) is 12.9. The highest BCUT2D eigenvalue weighted by Gasteiger charge is 2.35. The lowest BCUT2D eigenvalue weighted by atomic mass is 9.76. The summed E-state index contributed by atoms with van der Waals surface area (Å²) in [5.74, 6) is 0.915. The van der Waals surface area contributed by atoms with E-state index in [1.165, 1.54) is 17.5 Å². The van der Waals surface area contributed by atoms with Gasteiger partial charge in [-0.1, -0.05) is 6.07 Å². The number of aryl methyl sites for hydroxylation is 1. The van der Waals surface area contributed by atoms with Gasteiger partial charge < -0.3 is 20.7 Å². The summed E-state index contributed by atoms with van der Waals surface area (Å²) in [6, 6.07) is 6.39. The van der Waals surface area contributed by atoms with E-state index in [9.17, 15) is 0 Å². The monoisotopic (exact) mass is 277 g/mol. The Morgan fingerprint density at radius 1 is 1.40 bits per heavy atom. The summed E-state index contributed by atoms with van der Waals surface area (Å²) in [6.07, 6.45) is 3.42. The highest BCUT2D eigenvalue weighted by atomic mass is 16.5. The third-order valence-corrected chi connectivity index (χ3v) is 4.25. The number of nitrogens with one attached hydrogen (secondary N) is 1. The molecule has 20 heavy (non-hydrogen) atoms.